The van der Waals surface area contributed by atoms with Gasteiger partial charge < -0.3 is 9.88 Å². The summed E-state index contributed by atoms with van der Waals surface area (Å²) in [5.41, 5.74) is 0.986. The summed E-state index contributed by atoms with van der Waals surface area (Å²) in [5.74, 6) is 0.879. The van der Waals surface area contributed by atoms with Crippen LogP contribution in [-0.2, 0) is 6.54 Å². The van der Waals surface area contributed by atoms with Crippen molar-refractivity contribution in [1.82, 2.24) is 20.1 Å². The largest absolute Gasteiger partial charge is 0.342 e. The minimum Gasteiger partial charge on any atom is -0.342 e. The topological polar surface area (TPSA) is 76.9 Å². The molecule has 6 nitrogen and oxygen atoms in total. The van der Waals surface area contributed by atoms with Gasteiger partial charge in [0.2, 0.25) is 0 Å². The Morgan fingerprint density at radius 1 is 1.12 bits per heavy atom. The van der Waals surface area contributed by atoms with Gasteiger partial charge in [0.05, 0.1) is 22.4 Å². The predicted octanol–water partition coefficient (Wildman–Crippen LogP) is 6.86. The Morgan fingerprint density at radius 3 is 2.44 bits per heavy atom. The maximum atomic E-state index is 13.0. The Balaban J connectivity index is 1.79. The van der Waals surface area contributed by atoms with Gasteiger partial charge in [0.1, 0.15) is 0 Å². The molecule has 10 heteroatoms. The Labute approximate surface area is 221 Å². The van der Waals surface area contributed by atoms with Crippen molar-refractivity contribution < 1.29 is 9.59 Å². The first kappa shape index (κ1) is 26.7. The number of rotatable bonds is 10. The molecule has 180 valence electrons. The molecule has 34 heavy (non-hydrogen) atoms. The molecule has 0 fully saturated rings. The van der Waals surface area contributed by atoms with E-state index in [-0.39, 0.29) is 28.5 Å². The van der Waals surface area contributed by atoms with Crippen molar-refractivity contribution in [1.29, 1.82) is 0 Å². The molecule has 1 heterocycles. The monoisotopic (exact) mass is 582 g/mol. The van der Waals surface area contributed by atoms with E-state index in [1.54, 1.807) is 30.3 Å². The average Bonchev–Trinajstić information content (AvgIpc) is 3.20. The summed E-state index contributed by atoms with van der Waals surface area (Å²) >= 11 is 16.9. The minimum atomic E-state index is -0.372. The molecule has 0 radical (unpaired) electrons. The number of ketones is 1. The van der Waals surface area contributed by atoms with Crippen LogP contribution in [0.3, 0.4) is 0 Å². The molecule has 0 spiro atoms. The van der Waals surface area contributed by atoms with Gasteiger partial charge in [-0.15, -0.1) is 10.2 Å². The van der Waals surface area contributed by atoms with Crippen molar-refractivity contribution in [3.05, 3.63) is 73.9 Å². The van der Waals surface area contributed by atoms with E-state index in [4.69, 9.17) is 23.2 Å². The van der Waals surface area contributed by atoms with Gasteiger partial charge in [-0.25, -0.2) is 0 Å². The fraction of sp³-hybridized carbons (Fsp3) is 0.333. The highest BCUT2D eigenvalue weighted by molar-refractivity contribution is 9.10. The van der Waals surface area contributed by atoms with Gasteiger partial charge in [-0.1, -0.05) is 76.9 Å². The fourth-order valence-corrected chi connectivity index (χ4v) is 5.08. The van der Waals surface area contributed by atoms with Gasteiger partial charge in [0, 0.05) is 21.6 Å². The molecule has 0 bridgehead atoms. The lowest BCUT2D eigenvalue weighted by Gasteiger charge is -2.21. The molecule has 1 atom stereocenters. The summed E-state index contributed by atoms with van der Waals surface area (Å²) in [5, 5.41) is 13.2. The molecule has 0 saturated carbocycles. The number of benzene rings is 2. The number of hydrogen-bond acceptors (Lipinski definition) is 5. The number of amides is 1. The number of Topliss-reactive ketones (excluding diaryl/α,β-unsaturated/α-hetero) is 1. The van der Waals surface area contributed by atoms with Crippen molar-refractivity contribution in [3.63, 3.8) is 0 Å². The normalized spacial score (nSPS) is 12.1. The number of nitrogens with one attached hydrogen (secondary N) is 1. The standard InChI is InChI=1S/C24H25BrCl2N4O2S/c1-4-31-22(29-30-24(31)34-13-21(32)15-5-7-16(25)8-6-15)20(11-14(2)3)28-23(33)18-10-9-17(26)12-19(18)27/h5-10,12,14,20H,4,11,13H2,1-3H3,(H,28,33)/t20-/m0/s1. The molecule has 0 aliphatic heterocycles. The number of carbonyl (C=O) groups excluding carboxylic acids is 2. The van der Waals surface area contributed by atoms with Crippen LogP contribution in [0.15, 0.2) is 52.1 Å². The summed E-state index contributed by atoms with van der Waals surface area (Å²) < 4.78 is 2.86. The summed E-state index contributed by atoms with van der Waals surface area (Å²) in [6, 6.07) is 11.7. The Bertz CT molecular complexity index is 1170. The van der Waals surface area contributed by atoms with Crippen molar-refractivity contribution in [2.45, 2.75) is 44.9 Å². The second-order valence-corrected chi connectivity index (χ2v) is 10.8. The third-order valence-corrected chi connectivity index (χ3v) is 7.10. The van der Waals surface area contributed by atoms with Crippen LogP contribution in [0.4, 0.5) is 0 Å². The zero-order valence-corrected chi connectivity index (χ0v) is 22.9. The molecule has 0 aliphatic carbocycles. The van der Waals surface area contributed by atoms with E-state index < -0.39 is 0 Å². The molecule has 1 N–H and O–H groups in total. The van der Waals surface area contributed by atoms with Crippen LogP contribution in [0.25, 0.3) is 0 Å². The number of aromatic nitrogens is 3. The van der Waals surface area contributed by atoms with Crippen LogP contribution >= 0.6 is 50.9 Å². The van der Waals surface area contributed by atoms with Gasteiger partial charge >= 0.3 is 0 Å². The van der Waals surface area contributed by atoms with E-state index in [0.29, 0.717) is 46.0 Å². The second kappa shape index (κ2) is 12.2. The zero-order chi connectivity index (χ0) is 24.8. The molecular formula is C24H25BrCl2N4O2S. The Hall–Kier alpha value is -1.87. The molecule has 3 rings (SSSR count). The quantitative estimate of drug-likeness (QED) is 0.208. The molecule has 0 saturated heterocycles. The predicted molar refractivity (Wildman–Crippen MR) is 141 cm³/mol. The van der Waals surface area contributed by atoms with Gasteiger partial charge in [0.25, 0.3) is 5.91 Å². The molecule has 3 aromatic rings. The fourth-order valence-electron chi connectivity index (χ4n) is 3.42. The minimum absolute atomic E-state index is 0.00844. The van der Waals surface area contributed by atoms with E-state index in [9.17, 15) is 9.59 Å². The molecule has 0 unspecified atom stereocenters. The summed E-state index contributed by atoms with van der Waals surface area (Å²) in [4.78, 5) is 25.6. The highest BCUT2D eigenvalue weighted by atomic mass is 79.9. The highest BCUT2D eigenvalue weighted by Crippen LogP contribution is 2.27. The average molecular weight is 584 g/mol. The third kappa shape index (κ3) is 6.84. The maximum absolute atomic E-state index is 13.0. The smallest absolute Gasteiger partial charge is 0.253 e. The summed E-state index contributed by atoms with van der Waals surface area (Å²) in [6.07, 6.45) is 0.664. The Morgan fingerprint density at radius 2 is 1.82 bits per heavy atom. The van der Waals surface area contributed by atoms with Crippen LogP contribution < -0.4 is 5.32 Å². The number of carbonyl (C=O) groups is 2. The Kier molecular flexibility index (Phi) is 9.59. The first-order valence-electron chi connectivity index (χ1n) is 10.8. The molecule has 2 aromatic carbocycles. The summed E-state index contributed by atoms with van der Waals surface area (Å²) in [7, 11) is 0. The number of thioether (sulfide) groups is 1. The number of hydrogen-bond donors (Lipinski definition) is 1. The summed E-state index contributed by atoms with van der Waals surface area (Å²) in [6.45, 7) is 6.74. The molecule has 0 aliphatic rings. The van der Waals surface area contributed by atoms with Crippen LogP contribution in [0, 0.1) is 5.92 Å². The number of nitrogens with zero attached hydrogens (tertiary/aromatic N) is 3. The molecule has 1 aromatic heterocycles. The van der Waals surface area contributed by atoms with Gasteiger partial charge in [-0.05, 0) is 49.6 Å². The number of halogens is 3. The van der Waals surface area contributed by atoms with Gasteiger partial charge in [0.15, 0.2) is 16.8 Å². The van der Waals surface area contributed by atoms with Crippen LogP contribution in [0.2, 0.25) is 10.0 Å². The lowest BCUT2D eigenvalue weighted by Crippen LogP contribution is -2.31. The zero-order valence-electron chi connectivity index (χ0n) is 19.0. The lowest BCUT2D eigenvalue weighted by molar-refractivity contribution is 0.0928. The maximum Gasteiger partial charge on any atom is 0.253 e. The van der Waals surface area contributed by atoms with Crippen LogP contribution in [0.5, 0.6) is 0 Å². The SMILES string of the molecule is CCn1c(SCC(=O)c2ccc(Br)cc2)nnc1[C@H](CC(C)C)NC(=O)c1ccc(Cl)cc1Cl. The first-order valence-corrected chi connectivity index (χ1v) is 13.3. The highest BCUT2D eigenvalue weighted by Gasteiger charge is 2.25. The van der Waals surface area contributed by atoms with Crippen LogP contribution in [0.1, 0.15) is 59.8 Å². The lowest BCUT2D eigenvalue weighted by atomic mass is 10.0. The van der Waals surface area contributed by atoms with Crippen molar-refractivity contribution in [2.75, 3.05) is 5.75 Å². The molecular weight excluding hydrogens is 559 g/mol. The van der Waals surface area contributed by atoms with Crippen LogP contribution in [-0.4, -0.2) is 32.2 Å². The van der Waals surface area contributed by atoms with Crippen molar-refractivity contribution in [2.24, 2.45) is 5.92 Å². The van der Waals surface area contributed by atoms with E-state index in [1.807, 2.05) is 23.6 Å². The second-order valence-electron chi connectivity index (χ2n) is 8.08. The first-order chi connectivity index (χ1) is 16.2. The van der Waals surface area contributed by atoms with Gasteiger partial charge in [-0.3, -0.25) is 9.59 Å². The van der Waals surface area contributed by atoms with E-state index in [0.717, 1.165) is 4.47 Å². The van der Waals surface area contributed by atoms with E-state index >= 15 is 0 Å². The van der Waals surface area contributed by atoms with E-state index in [2.05, 4.69) is 45.3 Å². The van der Waals surface area contributed by atoms with E-state index in [1.165, 1.54) is 11.8 Å². The van der Waals surface area contributed by atoms with Gasteiger partial charge in [-0.2, -0.15) is 0 Å². The molecule has 1 amide bonds. The third-order valence-electron chi connectivity index (χ3n) is 5.06. The van der Waals surface area contributed by atoms with Crippen molar-refractivity contribution >= 4 is 62.6 Å². The van der Waals surface area contributed by atoms with Crippen molar-refractivity contribution in [3.8, 4) is 0 Å².